The molecule has 0 saturated carbocycles. The highest BCUT2D eigenvalue weighted by atomic mass is 16.4. The van der Waals surface area contributed by atoms with Crippen molar-refractivity contribution in [2.24, 2.45) is 5.73 Å². The minimum atomic E-state index is -1.53. The normalized spacial score (nSPS) is 12.8. The molecule has 0 aliphatic carbocycles. The lowest BCUT2D eigenvalue weighted by Gasteiger charge is -2.21. The van der Waals surface area contributed by atoms with E-state index in [2.05, 4.69) is 20.8 Å². The van der Waals surface area contributed by atoms with Crippen LogP contribution in [-0.2, 0) is 13.0 Å². The van der Waals surface area contributed by atoms with Crippen LogP contribution < -0.4 is 21.8 Å². The summed E-state index contributed by atoms with van der Waals surface area (Å²) in [4.78, 5) is 21.2. The average Bonchev–Trinajstić information content (AvgIpc) is 3.26. The van der Waals surface area contributed by atoms with Gasteiger partial charge >= 0.3 is 7.12 Å². The highest BCUT2D eigenvalue weighted by Crippen LogP contribution is 2.30. The number of hydrogen-bond donors (Lipinski definition) is 5. The van der Waals surface area contributed by atoms with Crippen LogP contribution in [0.3, 0.4) is 0 Å². The quantitative estimate of drug-likeness (QED) is 0.256. The van der Waals surface area contributed by atoms with Crippen LogP contribution in [0.4, 0.5) is 11.5 Å². The molecule has 0 atom stereocenters. The van der Waals surface area contributed by atoms with Crippen molar-refractivity contribution in [1.29, 1.82) is 0 Å². The van der Waals surface area contributed by atoms with E-state index in [0.29, 0.717) is 35.1 Å². The third-order valence-corrected chi connectivity index (χ3v) is 5.49. The second-order valence-electron chi connectivity index (χ2n) is 7.72. The Kier molecular flexibility index (Phi) is 5.36. The minimum Gasteiger partial charge on any atom is -0.423 e. The maximum atomic E-state index is 11.8. The number of pyridine rings is 1. The lowest BCUT2D eigenvalue weighted by atomic mass is 9.80. The number of aryl methyl sites for hydroxylation is 1. The van der Waals surface area contributed by atoms with Gasteiger partial charge in [0.25, 0.3) is 5.91 Å². The van der Waals surface area contributed by atoms with Gasteiger partial charge in [0.05, 0.1) is 16.9 Å². The van der Waals surface area contributed by atoms with E-state index in [9.17, 15) is 14.8 Å². The number of fused-ring (bicyclic) bond motifs is 2. The van der Waals surface area contributed by atoms with Gasteiger partial charge in [-0.25, -0.2) is 9.97 Å². The number of amides is 1. The third kappa shape index (κ3) is 3.97. The molecule has 0 saturated heterocycles. The van der Waals surface area contributed by atoms with Crippen LogP contribution in [-0.4, -0.2) is 54.2 Å². The van der Waals surface area contributed by atoms with Crippen LogP contribution in [0.15, 0.2) is 42.6 Å². The number of benzene rings is 1. The Morgan fingerprint density at radius 1 is 1.21 bits per heavy atom. The van der Waals surface area contributed by atoms with Gasteiger partial charge in [0, 0.05) is 19.3 Å². The van der Waals surface area contributed by atoms with Crippen molar-refractivity contribution in [1.82, 2.24) is 24.6 Å². The first-order chi connectivity index (χ1) is 16.0. The molecule has 0 radical (unpaired) electrons. The molecular weight excluding hydrogens is 423 g/mol. The first kappa shape index (κ1) is 20.9. The minimum absolute atomic E-state index is 0.264. The Bertz CT molecular complexity index is 1360. The number of rotatable bonds is 6. The topological polar surface area (TPSA) is 164 Å². The van der Waals surface area contributed by atoms with Crippen molar-refractivity contribution in [3.8, 4) is 11.6 Å². The van der Waals surface area contributed by atoms with E-state index in [1.807, 2.05) is 6.07 Å². The molecule has 166 valence electrons. The zero-order valence-electron chi connectivity index (χ0n) is 17.6. The standard InChI is InChI=1S/C21H21BN8O3/c23-17(31)14-6-3-9-30-20(14)28-29-21(30)19-26-15-7-2-8-24-16(15)18(27-19)25-11-12-4-1-5-13(10-12)22(32)33/h1,3-6,9-10,24,32-33H,2,7-8,11H2,(H2,23,31)(H,25,26,27). The number of anilines is 2. The maximum Gasteiger partial charge on any atom is 0.488 e. The van der Waals surface area contributed by atoms with Crippen molar-refractivity contribution >= 4 is 35.6 Å². The van der Waals surface area contributed by atoms with Crippen molar-refractivity contribution in [2.45, 2.75) is 19.4 Å². The average molecular weight is 444 g/mol. The van der Waals surface area contributed by atoms with Crippen molar-refractivity contribution in [3.05, 3.63) is 59.4 Å². The Balaban J connectivity index is 1.54. The predicted molar refractivity (Wildman–Crippen MR) is 123 cm³/mol. The fourth-order valence-electron chi connectivity index (χ4n) is 3.88. The molecule has 0 unspecified atom stereocenters. The van der Waals surface area contributed by atoms with E-state index in [-0.39, 0.29) is 5.56 Å². The summed E-state index contributed by atoms with van der Waals surface area (Å²) in [6.07, 6.45) is 3.45. The number of carbonyl (C=O) groups is 1. The molecule has 11 nitrogen and oxygen atoms in total. The van der Waals surface area contributed by atoms with E-state index in [1.54, 1.807) is 40.9 Å². The van der Waals surface area contributed by atoms with Crippen LogP contribution >= 0.6 is 0 Å². The van der Waals surface area contributed by atoms with Crippen LogP contribution in [0.25, 0.3) is 17.3 Å². The second-order valence-corrected chi connectivity index (χ2v) is 7.72. The van der Waals surface area contributed by atoms with Gasteiger partial charge in [-0.2, -0.15) is 0 Å². The van der Waals surface area contributed by atoms with Gasteiger partial charge in [0.1, 0.15) is 0 Å². The summed E-state index contributed by atoms with van der Waals surface area (Å²) < 4.78 is 1.65. The molecule has 5 rings (SSSR count). The Labute approximate surface area is 188 Å². The van der Waals surface area contributed by atoms with Gasteiger partial charge in [-0.1, -0.05) is 24.3 Å². The van der Waals surface area contributed by atoms with E-state index in [4.69, 9.17) is 15.7 Å². The zero-order valence-corrected chi connectivity index (χ0v) is 17.6. The lowest BCUT2D eigenvalue weighted by molar-refractivity contribution is 0.100. The molecule has 0 bridgehead atoms. The molecule has 0 spiro atoms. The van der Waals surface area contributed by atoms with Gasteiger partial charge in [0.15, 0.2) is 11.5 Å². The number of nitrogens with one attached hydrogen (secondary N) is 2. The molecule has 1 aliphatic heterocycles. The summed E-state index contributed by atoms with van der Waals surface area (Å²) in [5, 5.41) is 33.9. The fourth-order valence-corrected chi connectivity index (χ4v) is 3.88. The largest absolute Gasteiger partial charge is 0.488 e. The number of carbonyl (C=O) groups excluding carboxylic acids is 1. The highest BCUT2D eigenvalue weighted by Gasteiger charge is 2.22. The Morgan fingerprint density at radius 3 is 2.91 bits per heavy atom. The summed E-state index contributed by atoms with van der Waals surface area (Å²) >= 11 is 0. The Hall–Kier alpha value is -4.03. The first-order valence-electron chi connectivity index (χ1n) is 10.5. The molecule has 1 amide bonds. The molecule has 3 aromatic heterocycles. The van der Waals surface area contributed by atoms with Crippen LogP contribution in [0, 0.1) is 0 Å². The molecule has 12 heteroatoms. The fraction of sp³-hybridized carbons (Fsp3) is 0.190. The molecule has 6 N–H and O–H groups in total. The number of primary amides is 1. The van der Waals surface area contributed by atoms with Crippen molar-refractivity contribution in [3.63, 3.8) is 0 Å². The summed E-state index contributed by atoms with van der Waals surface area (Å²) in [7, 11) is -1.53. The molecule has 1 aromatic carbocycles. The van der Waals surface area contributed by atoms with Gasteiger partial charge in [-0.05, 0) is 36.0 Å². The second kappa shape index (κ2) is 8.49. The summed E-state index contributed by atoms with van der Waals surface area (Å²) in [6, 6.07) is 10.3. The third-order valence-electron chi connectivity index (χ3n) is 5.49. The summed E-state index contributed by atoms with van der Waals surface area (Å²) in [5.41, 5.74) is 9.04. The van der Waals surface area contributed by atoms with E-state index < -0.39 is 13.0 Å². The smallest absolute Gasteiger partial charge is 0.423 e. The summed E-state index contributed by atoms with van der Waals surface area (Å²) in [5.74, 6) is 0.781. The van der Waals surface area contributed by atoms with Crippen molar-refractivity contribution < 1.29 is 14.8 Å². The predicted octanol–water partition coefficient (Wildman–Crippen LogP) is -0.0648. The monoisotopic (exact) mass is 444 g/mol. The van der Waals surface area contributed by atoms with E-state index in [1.165, 1.54) is 0 Å². The van der Waals surface area contributed by atoms with Crippen LogP contribution in [0.2, 0.25) is 0 Å². The number of nitrogens with two attached hydrogens (primary N) is 1. The van der Waals surface area contributed by atoms with Gasteiger partial charge in [-0.15, -0.1) is 10.2 Å². The van der Waals surface area contributed by atoms with Gasteiger partial charge in [-0.3, -0.25) is 9.20 Å². The molecule has 4 aromatic rings. The Morgan fingerprint density at radius 2 is 2.09 bits per heavy atom. The maximum absolute atomic E-state index is 11.8. The zero-order chi connectivity index (χ0) is 22.9. The van der Waals surface area contributed by atoms with Crippen molar-refractivity contribution in [2.75, 3.05) is 17.2 Å². The molecule has 4 heterocycles. The highest BCUT2D eigenvalue weighted by molar-refractivity contribution is 6.58. The SMILES string of the molecule is NC(=O)c1cccn2c(-c3nc4c(c(NCc5cccc(B(O)O)c5)n3)NCCC4)nnc12. The van der Waals surface area contributed by atoms with Gasteiger partial charge in [0.2, 0.25) is 11.6 Å². The number of aromatic nitrogens is 5. The molecule has 33 heavy (non-hydrogen) atoms. The molecule has 1 aliphatic rings. The lowest BCUT2D eigenvalue weighted by Crippen LogP contribution is -2.30. The van der Waals surface area contributed by atoms with Crippen LogP contribution in [0.5, 0.6) is 0 Å². The van der Waals surface area contributed by atoms with E-state index >= 15 is 0 Å². The molecule has 0 fully saturated rings. The number of hydrogen-bond acceptors (Lipinski definition) is 9. The van der Waals surface area contributed by atoms with Crippen LogP contribution in [0.1, 0.15) is 28.0 Å². The summed E-state index contributed by atoms with van der Waals surface area (Å²) in [6.45, 7) is 1.23. The molecular formula is C21H21BN8O3. The van der Waals surface area contributed by atoms with E-state index in [0.717, 1.165) is 36.3 Å². The first-order valence-corrected chi connectivity index (χ1v) is 10.5. The number of nitrogens with zero attached hydrogens (tertiary/aromatic N) is 5. The van der Waals surface area contributed by atoms with Gasteiger partial charge < -0.3 is 26.4 Å².